The number of ketones is 1. The first-order chi connectivity index (χ1) is 13.3. The van der Waals surface area contributed by atoms with E-state index in [1.54, 1.807) is 56.4 Å². The summed E-state index contributed by atoms with van der Waals surface area (Å²) in [4.78, 5) is 39.4. The number of ether oxygens (including phenoxy) is 1. The molecule has 2 aromatic carbocycles. The molecule has 0 spiro atoms. The van der Waals surface area contributed by atoms with E-state index in [1.807, 2.05) is 19.9 Å². The third-order valence-electron chi connectivity index (χ3n) is 4.77. The van der Waals surface area contributed by atoms with Gasteiger partial charge in [0.05, 0.1) is 11.3 Å². The molecular formula is C22H22N2O4. The summed E-state index contributed by atoms with van der Waals surface area (Å²) < 4.78 is 6.84. The zero-order chi connectivity index (χ0) is 20.4. The summed E-state index contributed by atoms with van der Waals surface area (Å²) in [5, 5.41) is 0. The zero-order valence-electron chi connectivity index (χ0n) is 16.3. The number of hydrogen-bond donors (Lipinski definition) is 1. The highest BCUT2D eigenvalue weighted by molar-refractivity contribution is 6.01. The molecule has 1 unspecified atom stereocenters. The molecule has 0 aliphatic carbocycles. The summed E-state index contributed by atoms with van der Waals surface area (Å²) in [6, 6.07) is 11.9. The summed E-state index contributed by atoms with van der Waals surface area (Å²) in [5.41, 5.74) is 4.08. The third kappa shape index (κ3) is 3.81. The molecule has 0 aliphatic heterocycles. The lowest BCUT2D eigenvalue weighted by Crippen LogP contribution is -2.24. The number of nitrogens with zero attached hydrogens (tertiary/aromatic N) is 1. The fraction of sp³-hybridized carbons (Fsp3) is 0.227. The minimum Gasteiger partial charge on any atom is -0.451 e. The van der Waals surface area contributed by atoms with Gasteiger partial charge in [-0.25, -0.2) is 9.59 Å². The average Bonchev–Trinajstić information content (AvgIpc) is 3.01. The molecule has 1 atom stereocenters. The van der Waals surface area contributed by atoms with E-state index in [9.17, 15) is 14.4 Å². The molecule has 0 aliphatic rings. The number of aryl methyl sites for hydroxylation is 3. The summed E-state index contributed by atoms with van der Waals surface area (Å²) in [6.07, 6.45) is 0.716. The van der Waals surface area contributed by atoms with E-state index in [2.05, 4.69) is 4.98 Å². The van der Waals surface area contributed by atoms with E-state index < -0.39 is 12.1 Å². The fourth-order valence-corrected chi connectivity index (χ4v) is 2.93. The summed E-state index contributed by atoms with van der Waals surface area (Å²) >= 11 is 0. The molecule has 0 radical (unpaired) electrons. The fourth-order valence-electron chi connectivity index (χ4n) is 2.93. The van der Waals surface area contributed by atoms with Crippen molar-refractivity contribution in [3.05, 3.63) is 87.1 Å². The number of hydrogen-bond acceptors (Lipinski definition) is 4. The molecule has 6 heteroatoms. The first-order valence-electron chi connectivity index (χ1n) is 8.98. The second-order valence-corrected chi connectivity index (χ2v) is 6.83. The Bertz CT molecular complexity index is 1090. The second kappa shape index (κ2) is 7.68. The maximum atomic E-state index is 12.5. The van der Waals surface area contributed by atoms with Crippen molar-refractivity contribution in [2.24, 2.45) is 0 Å². The Labute approximate surface area is 162 Å². The van der Waals surface area contributed by atoms with Gasteiger partial charge < -0.3 is 9.72 Å². The Morgan fingerprint density at radius 2 is 1.61 bits per heavy atom. The van der Waals surface area contributed by atoms with Crippen molar-refractivity contribution in [1.29, 1.82) is 0 Å². The van der Waals surface area contributed by atoms with Gasteiger partial charge in [0.15, 0.2) is 6.10 Å². The first kappa shape index (κ1) is 19.4. The molecule has 0 saturated carbocycles. The lowest BCUT2D eigenvalue weighted by Gasteiger charge is -2.13. The monoisotopic (exact) mass is 378 g/mol. The number of carbonyl (C=O) groups is 2. The number of carbonyl (C=O) groups excluding carboxylic acids is 2. The number of esters is 1. The van der Waals surface area contributed by atoms with Gasteiger partial charge in [-0.05, 0) is 69.2 Å². The van der Waals surface area contributed by atoms with Crippen LogP contribution in [-0.2, 0) is 4.74 Å². The van der Waals surface area contributed by atoms with Crippen molar-refractivity contribution in [2.45, 2.75) is 33.8 Å². The molecule has 6 nitrogen and oxygen atoms in total. The summed E-state index contributed by atoms with van der Waals surface area (Å²) in [6.45, 7) is 7.27. The molecule has 0 bridgehead atoms. The SMILES string of the molecule is Cc1ccc(C(=O)C(C)OC(=O)c2ccc(-n3c(C)c[nH]c3=O)cc2)cc1C. The highest BCUT2D eigenvalue weighted by Gasteiger charge is 2.21. The summed E-state index contributed by atoms with van der Waals surface area (Å²) in [5.74, 6) is -0.836. The van der Waals surface area contributed by atoms with Crippen LogP contribution in [0, 0.1) is 20.8 Å². The minimum absolute atomic E-state index is 0.248. The van der Waals surface area contributed by atoms with Crippen molar-refractivity contribution < 1.29 is 14.3 Å². The van der Waals surface area contributed by atoms with Crippen molar-refractivity contribution in [3.8, 4) is 5.69 Å². The third-order valence-corrected chi connectivity index (χ3v) is 4.77. The lowest BCUT2D eigenvalue weighted by molar-refractivity contribution is 0.0319. The molecule has 28 heavy (non-hydrogen) atoms. The van der Waals surface area contributed by atoms with Crippen LogP contribution in [0.2, 0.25) is 0 Å². The highest BCUT2D eigenvalue weighted by Crippen LogP contribution is 2.15. The Balaban J connectivity index is 1.72. The molecule has 1 heterocycles. The number of aromatic amines is 1. The van der Waals surface area contributed by atoms with Crippen LogP contribution in [0.1, 0.15) is 44.5 Å². The normalized spacial score (nSPS) is 11.9. The topological polar surface area (TPSA) is 81.2 Å². The molecule has 1 aromatic heterocycles. The predicted octanol–water partition coefficient (Wildman–Crippen LogP) is 3.52. The summed E-state index contributed by atoms with van der Waals surface area (Å²) in [7, 11) is 0. The van der Waals surface area contributed by atoms with Gasteiger partial charge in [-0.3, -0.25) is 9.36 Å². The maximum absolute atomic E-state index is 12.5. The Kier molecular flexibility index (Phi) is 5.31. The lowest BCUT2D eigenvalue weighted by atomic mass is 10.0. The predicted molar refractivity (Wildman–Crippen MR) is 106 cm³/mol. The molecule has 144 valence electrons. The van der Waals surface area contributed by atoms with Crippen LogP contribution in [0.25, 0.3) is 5.69 Å². The largest absolute Gasteiger partial charge is 0.451 e. The van der Waals surface area contributed by atoms with Crippen LogP contribution in [0.3, 0.4) is 0 Å². The van der Waals surface area contributed by atoms with E-state index in [-0.39, 0.29) is 11.5 Å². The van der Waals surface area contributed by atoms with Gasteiger partial charge in [0, 0.05) is 17.5 Å². The van der Waals surface area contributed by atoms with Gasteiger partial charge in [0.25, 0.3) is 0 Å². The molecule has 3 rings (SSSR count). The van der Waals surface area contributed by atoms with E-state index in [4.69, 9.17) is 4.74 Å². The van der Waals surface area contributed by atoms with Gasteiger partial charge in [-0.15, -0.1) is 0 Å². The molecule has 1 N–H and O–H groups in total. The van der Waals surface area contributed by atoms with Crippen molar-refractivity contribution in [2.75, 3.05) is 0 Å². The Morgan fingerprint density at radius 3 is 2.18 bits per heavy atom. The van der Waals surface area contributed by atoms with Gasteiger partial charge >= 0.3 is 11.7 Å². The van der Waals surface area contributed by atoms with E-state index in [0.29, 0.717) is 16.8 Å². The van der Waals surface area contributed by atoms with Gasteiger partial charge in [-0.1, -0.05) is 12.1 Å². The van der Waals surface area contributed by atoms with Crippen molar-refractivity contribution in [1.82, 2.24) is 9.55 Å². The zero-order valence-corrected chi connectivity index (χ0v) is 16.3. The molecular weight excluding hydrogens is 356 g/mol. The number of aromatic nitrogens is 2. The average molecular weight is 378 g/mol. The number of rotatable bonds is 5. The van der Waals surface area contributed by atoms with Gasteiger partial charge in [0.2, 0.25) is 5.78 Å². The van der Waals surface area contributed by atoms with Crippen LogP contribution in [0.5, 0.6) is 0 Å². The number of nitrogens with one attached hydrogen (secondary N) is 1. The van der Waals surface area contributed by atoms with Crippen LogP contribution in [0.15, 0.2) is 53.5 Å². The van der Waals surface area contributed by atoms with E-state index >= 15 is 0 Å². The van der Waals surface area contributed by atoms with Gasteiger partial charge in [0.1, 0.15) is 0 Å². The Hall–Kier alpha value is -3.41. The number of benzene rings is 2. The van der Waals surface area contributed by atoms with Crippen LogP contribution in [0.4, 0.5) is 0 Å². The highest BCUT2D eigenvalue weighted by atomic mass is 16.5. The first-order valence-corrected chi connectivity index (χ1v) is 8.98. The number of imidazole rings is 1. The number of Topliss-reactive ketones (excluding diaryl/α,β-unsaturated/α-hetero) is 1. The second-order valence-electron chi connectivity index (χ2n) is 6.83. The van der Waals surface area contributed by atoms with Gasteiger partial charge in [-0.2, -0.15) is 0 Å². The van der Waals surface area contributed by atoms with E-state index in [1.165, 1.54) is 4.57 Å². The Morgan fingerprint density at radius 1 is 0.964 bits per heavy atom. The molecule has 3 aromatic rings. The van der Waals surface area contributed by atoms with Crippen molar-refractivity contribution in [3.63, 3.8) is 0 Å². The van der Waals surface area contributed by atoms with Crippen LogP contribution >= 0.6 is 0 Å². The van der Waals surface area contributed by atoms with Crippen molar-refractivity contribution >= 4 is 11.8 Å². The number of H-pyrrole nitrogens is 1. The molecule has 0 saturated heterocycles. The van der Waals surface area contributed by atoms with Crippen LogP contribution < -0.4 is 5.69 Å². The van der Waals surface area contributed by atoms with Crippen LogP contribution in [-0.4, -0.2) is 27.4 Å². The molecule has 0 fully saturated rings. The standard InChI is InChI=1S/C22H22N2O4/c1-13-5-6-18(11-14(13)2)20(25)16(4)28-21(26)17-7-9-19(10-8-17)24-15(3)12-23-22(24)27/h5-12,16H,1-4H3,(H,23,27). The smallest absolute Gasteiger partial charge is 0.338 e. The maximum Gasteiger partial charge on any atom is 0.338 e. The minimum atomic E-state index is -0.899. The van der Waals surface area contributed by atoms with E-state index in [0.717, 1.165) is 16.8 Å². The molecule has 0 amide bonds. The quantitative estimate of drug-likeness (QED) is 0.544.